The Bertz CT molecular complexity index is 533. The van der Waals surface area contributed by atoms with E-state index in [4.69, 9.17) is 21.4 Å². The van der Waals surface area contributed by atoms with E-state index in [0.717, 1.165) is 9.37 Å². The molecule has 0 fully saturated rings. The number of benzene rings is 1. The maximum absolute atomic E-state index is 11.9. The van der Waals surface area contributed by atoms with Crippen LogP contribution >= 0.6 is 27.5 Å². The number of halogens is 2. The molecule has 0 saturated heterocycles. The number of hydrogen-bond acceptors (Lipinski definition) is 3. The van der Waals surface area contributed by atoms with Crippen LogP contribution in [0.15, 0.2) is 22.7 Å². The predicted octanol–water partition coefficient (Wildman–Crippen LogP) is 2.80. The van der Waals surface area contributed by atoms with Gasteiger partial charge in [0.15, 0.2) is 6.61 Å². The van der Waals surface area contributed by atoms with Crippen LogP contribution in [0.5, 0.6) is 5.75 Å². The van der Waals surface area contributed by atoms with Crippen molar-refractivity contribution in [1.82, 2.24) is 4.90 Å². The highest BCUT2D eigenvalue weighted by molar-refractivity contribution is 9.10. The van der Waals surface area contributed by atoms with Crippen molar-refractivity contribution in [1.29, 1.82) is 0 Å². The number of carbonyl (C=O) groups is 2. The first kappa shape index (κ1) is 16.8. The van der Waals surface area contributed by atoms with Crippen LogP contribution in [0.3, 0.4) is 0 Å². The third kappa shape index (κ3) is 3.86. The Morgan fingerprint density at radius 2 is 2.05 bits per heavy atom. The van der Waals surface area contributed by atoms with Crippen LogP contribution in [-0.4, -0.2) is 41.1 Å². The van der Waals surface area contributed by atoms with Crippen molar-refractivity contribution >= 4 is 39.4 Å². The number of carboxylic acids is 1. The summed E-state index contributed by atoms with van der Waals surface area (Å²) in [5, 5.41) is 9.43. The smallest absolute Gasteiger partial charge is 0.329 e. The molecule has 0 unspecified atom stereocenters. The lowest BCUT2D eigenvalue weighted by Crippen LogP contribution is -2.52. The van der Waals surface area contributed by atoms with E-state index in [-0.39, 0.29) is 6.61 Å². The van der Waals surface area contributed by atoms with Crippen molar-refractivity contribution in [3.8, 4) is 5.75 Å². The highest BCUT2D eigenvalue weighted by Crippen LogP contribution is 2.27. The molecule has 0 aliphatic rings. The lowest BCUT2D eigenvalue weighted by Gasteiger charge is -2.31. The summed E-state index contributed by atoms with van der Waals surface area (Å²) < 4.78 is 6.11. The second-order valence-corrected chi connectivity index (χ2v) is 6.00. The van der Waals surface area contributed by atoms with Crippen LogP contribution < -0.4 is 4.74 Å². The predicted molar refractivity (Wildman–Crippen MR) is 79.1 cm³/mol. The van der Waals surface area contributed by atoms with E-state index < -0.39 is 17.4 Å². The van der Waals surface area contributed by atoms with Crippen molar-refractivity contribution in [2.24, 2.45) is 0 Å². The van der Waals surface area contributed by atoms with Crippen molar-refractivity contribution in [3.05, 3.63) is 27.7 Å². The molecule has 0 radical (unpaired) electrons. The molecule has 1 amide bonds. The molecule has 20 heavy (non-hydrogen) atoms. The lowest BCUT2D eigenvalue weighted by molar-refractivity contribution is -0.156. The van der Waals surface area contributed by atoms with Gasteiger partial charge in [0, 0.05) is 11.5 Å². The van der Waals surface area contributed by atoms with Gasteiger partial charge in [-0.25, -0.2) is 4.79 Å². The minimum Gasteiger partial charge on any atom is -0.482 e. The van der Waals surface area contributed by atoms with Gasteiger partial charge in [-0.05, 0) is 32.0 Å². The molecule has 0 aliphatic carbocycles. The molecular formula is C13H15BrClNO4. The number of rotatable bonds is 5. The second kappa shape index (κ2) is 6.45. The van der Waals surface area contributed by atoms with E-state index in [0.29, 0.717) is 10.8 Å². The number of likely N-dealkylation sites (N-methyl/N-ethyl adjacent to an activating group) is 1. The summed E-state index contributed by atoms with van der Waals surface area (Å²) in [5.41, 5.74) is -1.30. The van der Waals surface area contributed by atoms with Gasteiger partial charge in [0.2, 0.25) is 0 Å². The van der Waals surface area contributed by atoms with Gasteiger partial charge in [0.1, 0.15) is 11.3 Å². The molecule has 1 aromatic carbocycles. The zero-order valence-electron chi connectivity index (χ0n) is 11.3. The minimum absolute atomic E-state index is 0.283. The largest absolute Gasteiger partial charge is 0.482 e. The van der Waals surface area contributed by atoms with E-state index in [2.05, 4.69) is 15.9 Å². The monoisotopic (exact) mass is 363 g/mol. The van der Waals surface area contributed by atoms with E-state index in [9.17, 15) is 9.59 Å². The van der Waals surface area contributed by atoms with Crippen molar-refractivity contribution in [3.63, 3.8) is 0 Å². The van der Waals surface area contributed by atoms with Crippen LogP contribution in [0.1, 0.15) is 13.8 Å². The highest BCUT2D eigenvalue weighted by atomic mass is 79.9. The molecule has 0 spiro atoms. The number of amides is 1. The van der Waals surface area contributed by atoms with Crippen molar-refractivity contribution < 1.29 is 19.4 Å². The van der Waals surface area contributed by atoms with Crippen LogP contribution in [0.25, 0.3) is 0 Å². The van der Waals surface area contributed by atoms with Gasteiger partial charge in [0.25, 0.3) is 5.91 Å². The molecule has 0 aromatic heterocycles. The lowest BCUT2D eigenvalue weighted by atomic mass is 10.0. The number of ether oxygens (including phenoxy) is 1. The molecule has 0 saturated carbocycles. The Hall–Kier alpha value is -1.27. The zero-order chi connectivity index (χ0) is 15.5. The Morgan fingerprint density at radius 3 is 2.55 bits per heavy atom. The third-order valence-corrected chi connectivity index (χ3v) is 3.77. The molecule has 1 aromatic rings. The molecular weight excluding hydrogens is 350 g/mol. The fraction of sp³-hybridized carbons (Fsp3) is 0.385. The van der Waals surface area contributed by atoms with Gasteiger partial charge in [0.05, 0.1) is 5.02 Å². The van der Waals surface area contributed by atoms with Crippen LogP contribution in [0, 0.1) is 0 Å². The van der Waals surface area contributed by atoms with Gasteiger partial charge < -0.3 is 14.7 Å². The maximum Gasteiger partial charge on any atom is 0.329 e. The topological polar surface area (TPSA) is 66.8 Å². The molecule has 1 rings (SSSR count). The molecule has 0 aliphatic heterocycles. The SMILES string of the molecule is CN(C(=O)COc1ccc(Br)cc1Cl)C(C)(C)C(=O)O. The molecule has 7 heteroatoms. The van der Waals surface area contributed by atoms with Gasteiger partial charge in [-0.15, -0.1) is 0 Å². The summed E-state index contributed by atoms with van der Waals surface area (Å²) in [6, 6.07) is 5.00. The highest BCUT2D eigenvalue weighted by Gasteiger charge is 2.35. The average molecular weight is 365 g/mol. The van der Waals surface area contributed by atoms with Gasteiger partial charge in [-0.3, -0.25) is 4.79 Å². The average Bonchev–Trinajstić information content (AvgIpc) is 2.36. The quantitative estimate of drug-likeness (QED) is 0.872. The fourth-order valence-electron chi connectivity index (χ4n) is 1.28. The summed E-state index contributed by atoms with van der Waals surface area (Å²) >= 11 is 9.22. The standard InChI is InChI=1S/C13H15BrClNO4/c1-13(2,12(18)19)16(3)11(17)7-20-10-5-4-8(14)6-9(10)15/h4-6H,7H2,1-3H3,(H,18,19). The molecule has 1 N–H and O–H groups in total. The van der Waals surface area contributed by atoms with E-state index in [1.165, 1.54) is 20.9 Å². The van der Waals surface area contributed by atoms with E-state index >= 15 is 0 Å². The zero-order valence-corrected chi connectivity index (χ0v) is 13.7. The summed E-state index contributed by atoms with van der Waals surface area (Å²) in [4.78, 5) is 24.1. The number of hydrogen-bond donors (Lipinski definition) is 1. The summed E-state index contributed by atoms with van der Waals surface area (Å²) in [5.74, 6) is -1.17. The summed E-state index contributed by atoms with van der Waals surface area (Å²) in [6.07, 6.45) is 0. The first-order valence-corrected chi connectivity index (χ1v) is 6.91. The minimum atomic E-state index is -1.30. The Balaban J connectivity index is 2.70. The maximum atomic E-state index is 11.9. The number of nitrogens with zero attached hydrogens (tertiary/aromatic N) is 1. The summed E-state index contributed by atoms with van der Waals surface area (Å²) in [6.45, 7) is 2.61. The summed E-state index contributed by atoms with van der Waals surface area (Å²) in [7, 11) is 1.42. The van der Waals surface area contributed by atoms with Crippen molar-refractivity contribution in [2.45, 2.75) is 19.4 Å². The normalized spacial score (nSPS) is 11.1. The first-order chi connectivity index (χ1) is 9.16. The van der Waals surface area contributed by atoms with E-state index in [1.54, 1.807) is 18.2 Å². The van der Waals surface area contributed by atoms with Gasteiger partial charge in [-0.1, -0.05) is 27.5 Å². The molecule has 110 valence electrons. The number of carbonyl (C=O) groups excluding carboxylic acids is 1. The Labute approximate surface area is 130 Å². The molecule has 5 nitrogen and oxygen atoms in total. The number of aliphatic carboxylic acids is 1. The van der Waals surface area contributed by atoms with Crippen LogP contribution in [0.2, 0.25) is 5.02 Å². The molecule has 0 heterocycles. The number of carboxylic acid groups (broad SMARTS) is 1. The first-order valence-electron chi connectivity index (χ1n) is 5.74. The van der Waals surface area contributed by atoms with Crippen LogP contribution in [-0.2, 0) is 9.59 Å². The molecule has 0 atom stereocenters. The van der Waals surface area contributed by atoms with E-state index in [1.807, 2.05) is 0 Å². The van der Waals surface area contributed by atoms with Gasteiger partial charge in [-0.2, -0.15) is 0 Å². The molecule has 0 bridgehead atoms. The van der Waals surface area contributed by atoms with Gasteiger partial charge >= 0.3 is 5.97 Å². The van der Waals surface area contributed by atoms with Crippen molar-refractivity contribution in [2.75, 3.05) is 13.7 Å². The van der Waals surface area contributed by atoms with Crippen LogP contribution in [0.4, 0.5) is 0 Å². The Kier molecular flexibility index (Phi) is 5.42. The second-order valence-electron chi connectivity index (χ2n) is 4.68. The fourth-order valence-corrected chi connectivity index (χ4v) is 2.01. The third-order valence-electron chi connectivity index (χ3n) is 2.98. The Morgan fingerprint density at radius 1 is 1.45 bits per heavy atom.